The van der Waals surface area contributed by atoms with Gasteiger partial charge in [-0.25, -0.2) is 4.98 Å². The molecule has 2 amide bonds. The van der Waals surface area contributed by atoms with Gasteiger partial charge >= 0.3 is 0 Å². The summed E-state index contributed by atoms with van der Waals surface area (Å²) in [6, 6.07) is 15.5. The number of aromatic nitrogens is 1. The van der Waals surface area contributed by atoms with Crippen molar-refractivity contribution in [3.8, 4) is 0 Å². The molecular weight excluding hydrogens is 366 g/mol. The van der Waals surface area contributed by atoms with Crippen LogP contribution in [0.1, 0.15) is 49.2 Å². The minimum Gasteiger partial charge on any atom is -0.438 e. The van der Waals surface area contributed by atoms with Crippen LogP contribution in [0.3, 0.4) is 0 Å². The van der Waals surface area contributed by atoms with Crippen LogP contribution < -0.4 is 5.32 Å². The highest BCUT2D eigenvalue weighted by Crippen LogP contribution is 2.21. The Kier molecular flexibility index (Phi) is 5.60. The summed E-state index contributed by atoms with van der Waals surface area (Å²) in [7, 11) is 0. The van der Waals surface area contributed by atoms with E-state index in [1.54, 1.807) is 0 Å². The summed E-state index contributed by atoms with van der Waals surface area (Å²) >= 11 is 0. The van der Waals surface area contributed by atoms with Gasteiger partial charge in [-0.3, -0.25) is 9.59 Å². The monoisotopic (exact) mass is 391 g/mol. The van der Waals surface area contributed by atoms with Crippen LogP contribution in [0.5, 0.6) is 0 Å². The Morgan fingerprint density at radius 3 is 2.69 bits per heavy atom. The zero-order valence-electron chi connectivity index (χ0n) is 16.6. The fraction of sp³-hybridized carbons (Fsp3) is 0.348. The number of hydrogen-bond acceptors (Lipinski definition) is 4. The van der Waals surface area contributed by atoms with Crippen molar-refractivity contribution < 1.29 is 14.0 Å². The second-order valence-corrected chi connectivity index (χ2v) is 7.50. The first-order chi connectivity index (χ1) is 14.1. The predicted molar refractivity (Wildman–Crippen MR) is 110 cm³/mol. The fourth-order valence-corrected chi connectivity index (χ4v) is 3.72. The Hall–Kier alpha value is -3.15. The van der Waals surface area contributed by atoms with E-state index in [1.165, 1.54) is 11.1 Å². The zero-order chi connectivity index (χ0) is 20.2. The van der Waals surface area contributed by atoms with Crippen molar-refractivity contribution >= 4 is 22.9 Å². The van der Waals surface area contributed by atoms with Crippen molar-refractivity contribution in [2.45, 2.75) is 45.2 Å². The van der Waals surface area contributed by atoms with Crippen molar-refractivity contribution in [1.82, 2.24) is 15.2 Å². The van der Waals surface area contributed by atoms with Crippen molar-refractivity contribution in [2.24, 2.45) is 0 Å². The molecule has 1 N–H and O–H groups in total. The van der Waals surface area contributed by atoms with Gasteiger partial charge in [0.2, 0.25) is 17.7 Å². The third-order valence-electron chi connectivity index (χ3n) is 5.34. The number of carbonyl (C=O) groups excluding carboxylic acids is 2. The summed E-state index contributed by atoms with van der Waals surface area (Å²) < 4.78 is 5.69. The van der Waals surface area contributed by atoms with Crippen LogP contribution in [0.25, 0.3) is 11.1 Å². The molecule has 1 aliphatic rings. The maximum absolute atomic E-state index is 12.5. The summed E-state index contributed by atoms with van der Waals surface area (Å²) in [6.07, 6.45) is 2.11. The average molecular weight is 391 g/mol. The molecule has 1 atom stereocenters. The zero-order valence-corrected chi connectivity index (χ0v) is 16.6. The first-order valence-corrected chi connectivity index (χ1v) is 10.1. The molecule has 0 radical (unpaired) electrons. The van der Waals surface area contributed by atoms with Gasteiger partial charge in [0.25, 0.3) is 0 Å². The van der Waals surface area contributed by atoms with E-state index in [9.17, 15) is 9.59 Å². The van der Waals surface area contributed by atoms with E-state index in [2.05, 4.69) is 22.4 Å². The topological polar surface area (TPSA) is 75.4 Å². The van der Waals surface area contributed by atoms with Gasteiger partial charge in [0, 0.05) is 25.9 Å². The standard InChI is InChI=1S/C23H25N3O3/c1-16(23-25-19-9-4-5-10-20(19)29-23)24-21(27)11-6-12-22(28)26-14-13-17-7-2-3-8-18(17)15-26/h2-5,7-10,16H,6,11-15H2,1H3,(H,24,27). The molecule has 150 valence electrons. The normalized spacial score (nSPS) is 14.4. The lowest BCUT2D eigenvalue weighted by Gasteiger charge is -2.29. The quantitative estimate of drug-likeness (QED) is 0.694. The molecule has 3 aromatic rings. The van der Waals surface area contributed by atoms with E-state index in [0.717, 1.165) is 18.5 Å². The second kappa shape index (κ2) is 8.47. The first-order valence-electron chi connectivity index (χ1n) is 10.1. The van der Waals surface area contributed by atoms with Crippen LogP contribution >= 0.6 is 0 Å². The number of hydrogen-bond donors (Lipinski definition) is 1. The molecule has 4 rings (SSSR count). The minimum absolute atomic E-state index is 0.100. The summed E-state index contributed by atoms with van der Waals surface area (Å²) in [5, 5.41) is 2.90. The number of para-hydroxylation sites is 2. The summed E-state index contributed by atoms with van der Waals surface area (Å²) in [5.41, 5.74) is 4.02. The smallest absolute Gasteiger partial charge is 0.222 e. The third kappa shape index (κ3) is 4.47. The number of oxazole rings is 1. The first kappa shape index (κ1) is 19.2. The lowest BCUT2D eigenvalue weighted by Crippen LogP contribution is -2.36. The molecule has 2 heterocycles. The molecule has 6 heteroatoms. The highest BCUT2D eigenvalue weighted by atomic mass is 16.3. The maximum Gasteiger partial charge on any atom is 0.222 e. The van der Waals surface area contributed by atoms with Crippen molar-refractivity contribution in [3.63, 3.8) is 0 Å². The lowest BCUT2D eigenvalue weighted by molar-refractivity contribution is -0.132. The van der Waals surface area contributed by atoms with Gasteiger partial charge in [0.1, 0.15) is 11.6 Å². The molecule has 1 aliphatic heterocycles. The molecule has 6 nitrogen and oxygen atoms in total. The van der Waals surface area contributed by atoms with Crippen LogP contribution in [-0.4, -0.2) is 28.2 Å². The van der Waals surface area contributed by atoms with E-state index >= 15 is 0 Å². The van der Waals surface area contributed by atoms with Crippen molar-refractivity contribution in [1.29, 1.82) is 0 Å². The SMILES string of the molecule is CC(NC(=O)CCCC(=O)N1CCc2ccccc2C1)c1nc2ccccc2o1. The molecule has 0 saturated carbocycles. The fourth-order valence-electron chi connectivity index (χ4n) is 3.72. The van der Waals surface area contributed by atoms with Crippen molar-refractivity contribution in [2.75, 3.05) is 6.54 Å². The van der Waals surface area contributed by atoms with Crippen LogP contribution in [0.15, 0.2) is 52.9 Å². The number of amides is 2. The number of carbonyl (C=O) groups is 2. The number of fused-ring (bicyclic) bond motifs is 2. The van der Waals surface area contributed by atoms with Gasteiger partial charge in [-0.1, -0.05) is 36.4 Å². The Balaban J connectivity index is 1.23. The number of nitrogens with zero attached hydrogens (tertiary/aromatic N) is 2. The van der Waals surface area contributed by atoms with Gasteiger partial charge in [-0.05, 0) is 43.0 Å². The van der Waals surface area contributed by atoms with Gasteiger partial charge in [0.15, 0.2) is 5.58 Å². The Morgan fingerprint density at radius 1 is 1.10 bits per heavy atom. The van der Waals surface area contributed by atoms with E-state index in [4.69, 9.17) is 4.42 Å². The van der Waals surface area contributed by atoms with Crippen LogP contribution in [0, 0.1) is 0 Å². The Morgan fingerprint density at radius 2 is 1.86 bits per heavy atom. The Labute approximate surface area is 169 Å². The molecule has 0 saturated heterocycles. The van der Waals surface area contributed by atoms with E-state index in [-0.39, 0.29) is 17.9 Å². The number of nitrogens with one attached hydrogen (secondary N) is 1. The summed E-state index contributed by atoms with van der Waals surface area (Å²) in [4.78, 5) is 31.1. The van der Waals surface area contributed by atoms with Crippen LogP contribution in [-0.2, 0) is 22.6 Å². The van der Waals surface area contributed by atoms with Gasteiger partial charge < -0.3 is 14.6 Å². The summed E-state index contributed by atoms with van der Waals surface area (Å²) in [5.74, 6) is 0.499. The molecule has 0 bridgehead atoms. The maximum atomic E-state index is 12.5. The highest BCUT2D eigenvalue weighted by molar-refractivity contribution is 5.79. The van der Waals surface area contributed by atoms with E-state index in [0.29, 0.717) is 37.3 Å². The number of benzene rings is 2. The summed E-state index contributed by atoms with van der Waals surface area (Å²) in [6.45, 7) is 3.26. The predicted octanol–water partition coefficient (Wildman–Crippen LogP) is 3.76. The molecule has 1 aromatic heterocycles. The molecule has 29 heavy (non-hydrogen) atoms. The lowest BCUT2D eigenvalue weighted by atomic mass is 9.99. The molecular formula is C23H25N3O3. The van der Waals surface area contributed by atoms with Crippen LogP contribution in [0.2, 0.25) is 0 Å². The van der Waals surface area contributed by atoms with Crippen molar-refractivity contribution in [3.05, 3.63) is 65.5 Å². The largest absolute Gasteiger partial charge is 0.438 e. The molecule has 1 unspecified atom stereocenters. The van der Waals surface area contributed by atoms with Gasteiger partial charge in [-0.2, -0.15) is 0 Å². The highest BCUT2D eigenvalue weighted by Gasteiger charge is 2.21. The molecule has 0 aliphatic carbocycles. The molecule has 0 fully saturated rings. The van der Waals surface area contributed by atoms with E-state index < -0.39 is 0 Å². The van der Waals surface area contributed by atoms with Gasteiger partial charge in [-0.15, -0.1) is 0 Å². The Bertz CT molecular complexity index is 994. The second-order valence-electron chi connectivity index (χ2n) is 7.50. The van der Waals surface area contributed by atoms with Gasteiger partial charge in [0.05, 0.1) is 0 Å². The van der Waals surface area contributed by atoms with E-state index in [1.807, 2.05) is 48.2 Å². The number of rotatable bonds is 6. The third-order valence-corrected chi connectivity index (χ3v) is 5.34. The average Bonchev–Trinajstić information content (AvgIpc) is 3.18. The molecule has 2 aromatic carbocycles. The van der Waals surface area contributed by atoms with Crippen LogP contribution in [0.4, 0.5) is 0 Å². The molecule has 0 spiro atoms. The minimum atomic E-state index is -0.316.